The molecular formula is C13H17F3N4O2. The van der Waals surface area contributed by atoms with E-state index < -0.39 is 23.4 Å². The average Bonchev–Trinajstić information content (AvgIpc) is 2.45. The summed E-state index contributed by atoms with van der Waals surface area (Å²) in [6, 6.07) is -0.496. The number of amides is 1. The van der Waals surface area contributed by atoms with Crippen LogP contribution >= 0.6 is 0 Å². The number of alkyl halides is 3. The maximum atomic E-state index is 12.5. The molecule has 0 saturated carbocycles. The fraction of sp³-hybridized carbons (Fsp3) is 0.615. The Bertz CT molecular complexity index is 528. The van der Waals surface area contributed by atoms with Gasteiger partial charge in [0.05, 0.1) is 17.2 Å². The van der Waals surface area contributed by atoms with E-state index in [1.54, 1.807) is 18.7 Å². The quantitative estimate of drug-likeness (QED) is 0.839. The monoisotopic (exact) mass is 318 g/mol. The van der Waals surface area contributed by atoms with Crippen LogP contribution in [0, 0.1) is 0 Å². The first-order chi connectivity index (χ1) is 10.1. The summed E-state index contributed by atoms with van der Waals surface area (Å²) >= 11 is 0. The second-order valence-electron chi connectivity index (χ2n) is 5.73. The van der Waals surface area contributed by atoms with Crippen LogP contribution < -0.4 is 4.90 Å². The molecule has 0 bridgehead atoms. The van der Waals surface area contributed by atoms with E-state index in [0.717, 1.165) is 12.4 Å². The van der Waals surface area contributed by atoms with Crippen LogP contribution in [-0.2, 0) is 11.0 Å². The zero-order valence-electron chi connectivity index (χ0n) is 12.2. The average molecular weight is 318 g/mol. The SMILES string of the molecule is CC(C)(O)C1CN(c2ncc(C(F)(F)F)cn2)CCN1C=O. The topological polar surface area (TPSA) is 69.6 Å². The van der Waals surface area contributed by atoms with Crippen LogP contribution in [0.4, 0.5) is 19.1 Å². The van der Waals surface area contributed by atoms with Gasteiger partial charge in [-0.25, -0.2) is 9.97 Å². The van der Waals surface area contributed by atoms with Crippen molar-refractivity contribution in [2.24, 2.45) is 0 Å². The summed E-state index contributed by atoms with van der Waals surface area (Å²) in [5.74, 6) is 0.146. The molecule has 1 aliphatic rings. The molecule has 1 amide bonds. The minimum atomic E-state index is -4.48. The van der Waals surface area contributed by atoms with Crippen molar-refractivity contribution in [1.82, 2.24) is 14.9 Å². The largest absolute Gasteiger partial charge is 0.419 e. The van der Waals surface area contributed by atoms with Gasteiger partial charge in [0.25, 0.3) is 0 Å². The van der Waals surface area contributed by atoms with Gasteiger partial charge < -0.3 is 14.9 Å². The van der Waals surface area contributed by atoms with Crippen molar-refractivity contribution in [3.63, 3.8) is 0 Å². The molecule has 1 saturated heterocycles. The first kappa shape index (κ1) is 16.5. The van der Waals surface area contributed by atoms with Crippen LogP contribution in [0.3, 0.4) is 0 Å². The summed E-state index contributed by atoms with van der Waals surface area (Å²) in [5, 5.41) is 10.1. The maximum Gasteiger partial charge on any atom is 0.419 e. The highest BCUT2D eigenvalue weighted by molar-refractivity contribution is 5.50. The molecule has 22 heavy (non-hydrogen) atoms. The van der Waals surface area contributed by atoms with E-state index >= 15 is 0 Å². The van der Waals surface area contributed by atoms with Crippen LogP contribution in [-0.4, -0.2) is 57.7 Å². The first-order valence-electron chi connectivity index (χ1n) is 6.70. The lowest BCUT2D eigenvalue weighted by Gasteiger charge is -2.44. The molecule has 0 spiro atoms. The van der Waals surface area contributed by atoms with E-state index in [1.165, 1.54) is 4.90 Å². The van der Waals surface area contributed by atoms with E-state index in [-0.39, 0.29) is 12.5 Å². The fourth-order valence-electron chi connectivity index (χ4n) is 2.36. The van der Waals surface area contributed by atoms with Crippen molar-refractivity contribution < 1.29 is 23.1 Å². The molecule has 1 aromatic heterocycles. The number of halogens is 3. The molecule has 1 aromatic rings. The van der Waals surface area contributed by atoms with E-state index in [4.69, 9.17) is 0 Å². The number of rotatable bonds is 3. The number of hydrogen-bond donors (Lipinski definition) is 1. The summed E-state index contributed by atoms with van der Waals surface area (Å²) in [5.41, 5.74) is -2.06. The Morgan fingerprint density at radius 1 is 1.27 bits per heavy atom. The van der Waals surface area contributed by atoms with Crippen LogP contribution in [0.25, 0.3) is 0 Å². The number of piperazine rings is 1. The Morgan fingerprint density at radius 2 is 1.86 bits per heavy atom. The molecule has 9 heteroatoms. The molecule has 2 heterocycles. The highest BCUT2D eigenvalue weighted by atomic mass is 19.4. The zero-order chi connectivity index (χ0) is 16.5. The maximum absolute atomic E-state index is 12.5. The molecule has 2 rings (SSSR count). The summed E-state index contributed by atoms with van der Waals surface area (Å²) in [7, 11) is 0. The third-order valence-corrected chi connectivity index (χ3v) is 3.62. The minimum Gasteiger partial charge on any atom is -0.388 e. The number of carbonyl (C=O) groups is 1. The van der Waals surface area contributed by atoms with Crippen molar-refractivity contribution in [3.8, 4) is 0 Å². The van der Waals surface area contributed by atoms with Crippen LogP contribution in [0.2, 0.25) is 0 Å². The fourth-order valence-corrected chi connectivity index (χ4v) is 2.36. The smallest absolute Gasteiger partial charge is 0.388 e. The summed E-state index contributed by atoms with van der Waals surface area (Å²) < 4.78 is 37.5. The summed E-state index contributed by atoms with van der Waals surface area (Å²) in [6.07, 6.45) is -2.36. The van der Waals surface area contributed by atoms with Gasteiger partial charge in [-0.2, -0.15) is 13.2 Å². The Balaban J connectivity index is 2.18. The Kier molecular flexibility index (Phi) is 4.28. The molecule has 1 unspecified atom stereocenters. The number of aromatic nitrogens is 2. The molecule has 1 aliphatic heterocycles. The van der Waals surface area contributed by atoms with Gasteiger partial charge >= 0.3 is 6.18 Å². The molecule has 1 fully saturated rings. The predicted octanol–water partition coefficient (Wildman–Crippen LogP) is 0.913. The van der Waals surface area contributed by atoms with Crippen molar-refractivity contribution in [1.29, 1.82) is 0 Å². The second kappa shape index (κ2) is 5.71. The number of anilines is 1. The third kappa shape index (κ3) is 3.46. The van der Waals surface area contributed by atoms with E-state index in [9.17, 15) is 23.1 Å². The summed E-state index contributed by atoms with van der Waals surface area (Å²) in [6.45, 7) is 4.11. The van der Waals surface area contributed by atoms with Gasteiger partial charge in [-0.3, -0.25) is 4.79 Å². The van der Waals surface area contributed by atoms with Gasteiger partial charge in [0.2, 0.25) is 12.4 Å². The number of nitrogens with zero attached hydrogens (tertiary/aromatic N) is 4. The zero-order valence-corrected chi connectivity index (χ0v) is 12.2. The normalized spacial score (nSPS) is 20.2. The van der Waals surface area contributed by atoms with E-state index in [2.05, 4.69) is 9.97 Å². The van der Waals surface area contributed by atoms with E-state index in [0.29, 0.717) is 19.5 Å². The molecular weight excluding hydrogens is 301 g/mol. The van der Waals surface area contributed by atoms with Crippen molar-refractivity contribution in [3.05, 3.63) is 18.0 Å². The van der Waals surface area contributed by atoms with Gasteiger partial charge in [0, 0.05) is 32.0 Å². The summed E-state index contributed by atoms with van der Waals surface area (Å²) in [4.78, 5) is 21.7. The third-order valence-electron chi connectivity index (χ3n) is 3.62. The van der Waals surface area contributed by atoms with Gasteiger partial charge in [0.15, 0.2) is 0 Å². The predicted molar refractivity (Wildman–Crippen MR) is 72.1 cm³/mol. The molecule has 122 valence electrons. The second-order valence-corrected chi connectivity index (χ2v) is 5.73. The Hall–Kier alpha value is -1.90. The number of hydrogen-bond acceptors (Lipinski definition) is 5. The van der Waals surface area contributed by atoms with Crippen molar-refractivity contribution in [2.75, 3.05) is 24.5 Å². The minimum absolute atomic E-state index is 0.146. The Labute approximate surface area is 125 Å². The molecule has 0 aromatic carbocycles. The molecule has 1 atom stereocenters. The van der Waals surface area contributed by atoms with Gasteiger partial charge in [0.1, 0.15) is 0 Å². The van der Waals surface area contributed by atoms with Gasteiger partial charge in [-0.05, 0) is 13.8 Å². The number of carbonyl (C=O) groups excluding carboxylic acids is 1. The molecule has 1 N–H and O–H groups in total. The van der Waals surface area contributed by atoms with Crippen LogP contribution in [0.15, 0.2) is 12.4 Å². The first-order valence-corrected chi connectivity index (χ1v) is 6.70. The highest BCUT2D eigenvalue weighted by Gasteiger charge is 2.37. The van der Waals surface area contributed by atoms with Crippen molar-refractivity contribution in [2.45, 2.75) is 31.7 Å². The molecule has 0 radical (unpaired) electrons. The standard InChI is InChI=1S/C13H17F3N4O2/c1-12(2,22)10-7-19(3-4-20(10)8-21)11-17-5-9(6-18-11)13(14,15)16/h5-6,8,10,22H,3-4,7H2,1-2H3. The van der Waals surface area contributed by atoms with Crippen LogP contribution in [0.5, 0.6) is 0 Å². The highest BCUT2D eigenvalue weighted by Crippen LogP contribution is 2.29. The lowest BCUT2D eigenvalue weighted by atomic mass is 9.95. The molecule has 6 nitrogen and oxygen atoms in total. The van der Waals surface area contributed by atoms with E-state index in [1.807, 2.05) is 0 Å². The Morgan fingerprint density at radius 3 is 2.32 bits per heavy atom. The molecule has 0 aliphatic carbocycles. The van der Waals surface area contributed by atoms with Crippen molar-refractivity contribution >= 4 is 12.4 Å². The van der Waals surface area contributed by atoms with Gasteiger partial charge in [-0.15, -0.1) is 0 Å². The van der Waals surface area contributed by atoms with Gasteiger partial charge in [-0.1, -0.05) is 0 Å². The lowest BCUT2D eigenvalue weighted by molar-refractivity contribution is -0.138. The van der Waals surface area contributed by atoms with Crippen LogP contribution in [0.1, 0.15) is 19.4 Å². The number of aliphatic hydroxyl groups is 1. The lowest BCUT2D eigenvalue weighted by Crippen LogP contribution is -2.61.